The van der Waals surface area contributed by atoms with Gasteiger partial charge in [0.2, 0.25) is 0 Å². The van der Waals surface area contributed by atoms with E-state index in [2.05, 4.69) is 57.4 Å². The summed E-state index contributed by atoms with van der Waals surface area (Å²) >= 11 is 0. The first-order valence-electron chi connectivity index (χ1n) is 10.2. The zero-order valence-electron chi connectivity index (χ0n) is 16.8. The van der Waals surface area contributed by atoms with Gasteiger partial charge in [-0.3, -0.25) is 14.7 Å². The number of piperazine rings is 1. The molecule has 0 unspecified atom stereocenters. The molecule has 29 heavy (non-hydrogen) atoms. The molecule has 1 aliphatic heterocycles. The van der Waals surface area contributed by atoms with Gasteiger partial charge in [0.1, 0.15) is 5.82 Å². The number of nitrogens with one attached hydrogen (secondary N) is 1. The second-order valence-electron chi connectivity index (χ2n) is 7.49. The summed E-state index contributed by atoms with van der Waals surface area (Å²) in [5.74, 6) is 1.05. The lowest BCUT2D eigenvalue weighted by atomic mass is 10.1. The van der Waals surface area contributed by atoms with E-state index in [-0.39, 0.29) is 5.91 Å². The van der Waals surface area contributed by atoms with Crippen molar-refractivity contribution in [1.82, 2.24) is 20.2 Å². The molecular weight excluding hydrogens is 362 g/mol. The summed E-state index contributed by atoms with van der Waals surface area (Å²) in [6, 6.07) is 14.2. The molecule has 1 amide bonds. The zero-order valence-corrected chi connectivity index (χ0v) is 16.8. The van der Waals surface area contributed by atoms with Crippen LogP contribution in [0.15, 0.2) is 54.9 Å². The van der Waals surface area contributed by atoms with Crippen molar-refractivity contribution in [2.75, 3.05) is 44.2 Å². The topological polar surface area (TPSA) is 61.4 Å². The van der Waals surface area contributed by atoms with Crippen molar-refractivity contribution in [1.29, 1.82) is 0 Å². The van der Waals surface area contributed by atoms with E-state index in [1.54, 1.807) is 24.5 Å². The van der Waals surface area contributed by atoms with Crippen molar-refractivity contribution in [2.24, 2.45) is 0 Å². The number of amides is 1. The summed E-state index contributed by atoms with van der Waals surface area (Å²) in [5, 5.41) is 5.45. The fourth-order valence-electron chi connectivity index (χ4n) is 3.84. The molecule has 0 bridgehead atoms. The highest BCUT2D eigenvalue weighted by Crippen LogP contribution is 2.26. The number of hydrogen-bond acceptors (Lipinski definition) is 5. The highest BCUT2D eigenvalue weighted by molar-refractivity contribution is 5.94. The van der Waals surface area contributed by atoms with Gasteiger partial charge in [0.05, 0.1) is 5.56 Å². The zero-order chi connectivity index (χ0) is 20.1. The first-order valence-corrected chi connectivity index (χ1v) is 10.2. The summed E-state index contributed by atoms with van der Waals surface area (Å²) in [6.45, 7) is 7.71. The summed E-state index contributed by atoms with van der Waals surface area (Å²) in [6.07, 6.45) is 4.21. The summed E-state index contributed by atoms with van der Waals surface area (Å²) in [4.78, 5) is 25.7. The van der Waals surface area contributed by atoms with E-state index in [4.69, 9.17) is 4.98 Å². The maximum Gasteiger partial charge on any atom is 0.252 e. The Kier molecular flexibility index (Phi) is 6.00. The Morgan fingerprint density at radius 3 is 2.72 bits per heavy atom. The lowest BCUT2D eigenvalue weighted by Gasteiger charge is -2.36. The Morgan fingerprint density at radius 1 is 1.10 bits per heavy atom. The number of aryl methyl sites for hydroxylation is 1. The standard InChI is InChI=1S/C23H27N5O/c1-18-16-19-6-2-3-8-21(19)22(26-18)28-14-12-27(13-15-28)11-5-10-25-23(29)20-7-4-9-24-17-20/h2-4,6-9,16-17H,5,10-15H2,1H3,(H,25,29). The van der Waals surface area contributed by atoms with Gasteiger partial charge in [-0.25, -0.2) is 4.98 Å². The molecule has 150 valence electrons. The number of rotatable bonds is 6. The monoisotopic (exact) mass is 389 g/mol. The predicted molar refractivity (Wildman–Crippen MR) is 116 cm³/mol. The van der Waals surface area contributed by atoms with E-state index in [0.717, 1.165) is 50.7 Å². The Balaban J connectivity index is 1.26. The lowest BCUT2D eigenvalue weighted by molar-refractivity contribution is 0.0951. The molecule has 3 aromatic rings. The molecule has 4 rings (SSSR count). The Bertz CT molecular complexity index is 967. The molecule has 0 radical (unpaired) electrons. The molecule has 1 N–H and O–H groups in total. The largest absolute Gasteiger partial charge is 0.354 e. The SMILES string of the molecule is Cc1cc2ccccc2c(N2CCN(CCCNC(=O)c3cccnc3)CC2)n1. The highest BCUT2D eigenvalue weighted by Gasteiger charge is 2.19. The number of hydrogen-bond donors (Lipinski definition) is 1. The highest BCUT2D eigenvalue weighted by atomic mass is 16.1. The molecule has 1 saturated heterocycles. The Morgan fingerprint density at radius 2 is 1.93 bits per heavy atom. The van der Waals surface area contributed by atoms with E-state index < -0.39 is 0 Å². The van der Waals surface area contributed by atoms with Gasteiger partial charge in [0.15, 0.2) is 0 Å². The average Bonchev–Trinajstić information content (AvgIpc) is 2.77. The smallest absolute Gasteiger partial charge is 0.252 e. The fraction of sp³-hybridized carbons (Fsp3) is 0.348. The summed E-state index contributed by atoms with van der Waals surface area (Å²) < 4.78 is 0. The second kappa shape index (κ2) is 9.01. The van der Waals surface area contributed by atoms with Gasteiger partial charge in [-0.05, 0) is 43.5 Å². The third kappa shape index (κ3) is 4.71. The number of nitrogens with zero attached hydrogens (tertiary/aromatic N) is 4. The second-order valence-corrected chi connectivity index (χ2v) is 7.49. The van der Waals surface area contributed by atoms with Gasteiger partial charge in [-0.1, -0.05) is 24.3 Å². The van der Waals surface area contributed by atoms with E-state index in [9.17, 15) is 4.79 Å². The summed E-state index contributed by atoms with van der Waals surface area (Å²) in [7, 11) is 0. The van der Waals surface area contributed by atoms with E-state index in [1.807, 2.05) is 0 Å². The number of carbonyl (C=O) groups excluding carboxylic acids is 1. The number of pyridine rings is 2. The van der Waals surface area contributed by atoms with Gasteiger partial charge < -0.3 is 10.2 Å². The minimum absolute atomic E-state index is 0.0553. The van der Waals surface area contributed by atoms with Gasteiger partial charge in [0.25, 0.3) is 5.91 Å². The number of anilines is 1. The number of aromatic nitrogens is 2. The third-order valence-electron chi connectivity index (χ3n) is 5.38. The Labute approximate surface area is 171 Å². The molecule has 6 heteroatoms. The van der Waals surface area contributed by atoms with Crippen LogP contribution in [0.2, 0.25) is 0 Å². The normalized spacial score (nSPS) is 14.9. The van der Waals surface area contributed by atoms with E-state index in [1.165, 1.54) is 10.8 Å². The van der Waals surface area contributed by atoms with Gasteiger partial charge in [-0.2, -0.15) is 0 Å². The van der Waals surface area contributed by atoms with Crippen LogP contribution in [0.4, 0.5) is 5.82 Å². The predicted octanol–water partition coefficient (Wildman–Crippen LogP) is 2.88. The summed E-state index contributed by atoms with van der Waals surface area (Å²) in [5.41, 5.74) is 1.67. The van der Waals surface area contributed by atoms with E-state index in [0.29, 0.717) is 12.1 Å². The van der Waals surface area contributed by atoms with Crippen LogP contribution in [0.3, 0.4) is 0 Å². The molecular formula is C23H27N5O. The quantitative estimate of drug-likeness (QED) is 0.657. The minimum Gasteiger partial charge on any atom is -0.354 e. The lowest BCUT2D eigenvalue weighted by Crippen LogP contribution is -2.47. The molecule has 1 aliphatic rings. The average molecular weight is 390 g/mol. The van der Waals surface area contributed by atoms with Gasteiger partial charge in [0, 0.05) is 56.2 Å². The molecule has 0 spiro atoms. The third-order valence-corrected chi connectivity index (χ3v) is 5.38. The molecule has 1 fully saturated rings. The molecule has 0 saturated carbocycles. The van der Waals surface area contributed by atoms with Gasteiger partial charge >= 0.3 is 0 Å². The van der Waals surface area contributed by atoms with Crippen LogP contribution in [0.1, 0.15) is 22.5 Å². The minimum atomic E-state index is -0.0553. The molecule has 0 aliphatic carbocycles. The number of carbonyl (C=O) groups is 1. The van der Waals surface area contributed by atoms with Crippen LogP contribution >= 0.6 is 0 Å². The fourth-order valence-corrected chi connectivity index (χ4v) is 3.84. The van der Waals surface area contributed by atoms with Crippen molar-refractivity contribution in [2.45, 2.75) is 13.3 Å². The van der Waals surface area contributed by atoms with Crippen molar-refractivity contribution in [3.63, 3.8) is 0 Å². The van der Waals surface area contributed by atoms with Crippen LogP contribution in [0.25, 0.3) is 10.8 Å². The molecule has 1 aromatic carbocycles. The van der Waals surface area contributed by atoms with E-state index >= 15 is 0 Å². The molecule has 0 atom stereocenters. The first kappa shape index (κ1) is 19.3. The first-order chi connectivity index (χ1) is 14.2. The Hall–Kier alpha value is -2.99. The number of fused-ring (bicyclic) bond motifs is 1. The van der Waals surface area contributed by atoms with Gasteiger partial charge in [-0.15, -0.1) is 0 Å². The van der Waals surface area contributed by atoms with Crippen molar-refractivity contribution in [3.8, 4) is 0 Å². The van der Waals surface area contributed by atoms with Crippen LogP contribution in [-0.4, -0.2) is 60.0 Å². The van der Waals surface area contributed by atoms with Crippen molar-refractivity contribution < 1.29 is 4.79 Å². The molecule has 3 heterocycles. The van der Waals surface area contributed by atoms with Crippen LogP contribution in [0.5, 0.6) is 0 Å². The maximum atomic E-state index is 12.1. The van der Waals surface area contributed by atoms with Crippen LogP contribution < -0.4 is 10.2 Å². The van der Waals surface area contributed by atoms with Crippen LogP contribution in [-0.2, 0) is 0 Å². The maximum absolute atomic E-state index is 12.1. The van der Waals surface area contributed by atoms with Crippen molar-refractivity contribution >= 4 is 22.5 Å². The van der Waals surface area contributed by atoms with Crippen LogP contribution in [0, 0.1) is 6.92 Å². The number of benzene rings is 1. The van der Waals surface area contributed by atoms with Crippen molar-refractivity contribution in [3.05, 3.63) is 66.1 Å². The molecule has 6 nitrogen and oxygen atoms in total. The molecule has 2 aromatic heterocycles.